The van der Waals surface area contributed by atoms with Gasteiger partial charge >= 0.3 is 6.03 Å². The van der Waals surface area contributed by atoms with Crippen LogP contribution in [0.1, 0.15) is 40.5 Å². The van der Waals surface area contributed by atoms with E-state index in [4.69, 9.17) is 0 Å². The second-order valence-electron chi connectivity index (χ2n) is 6.55. The Kier molecular flexibility index (Phi) is 4.93. The highest BCUT2D eigenvalue weighted by atomic mass is 16.2. The number of hydrogen-bond acceptors (Lipinski definition) is 5. The molecule has 7 nitrogen and oxygen atoms in total. The molecule has 3 atom stereocenters. The summed E-state index contributed by atoms with van der Waals surface area (Å²) in [6.45, 7) is 9.24. The van der Waals surface area contributed by atoms with Crippen LogP contribution in [0.25, 0.3) is 0 Å². The summed E-state index contributed by atoms with van der Waals surface area (Å²) in [4.78, 5) is 32.2. The number of carbonyl (C=O) groups is 2. The van der Waals surface area contributed by atoms with Gasteiger partial charge in [0.15, 0.2) is 18.2 Å². The highest BCUT2D eigenvalue weighted by molar-refractivity contribution is 6.03. The average Bonchev–Trinajstić information content (AvgIpc) is 2.81. The lowest BCUT2D eigenvalue weighted by Gasteiger charge is -2.36. The molecule has 124 valence electrons. The van der Waals surface area contributed by atoms with Crippen molar-refractivity contribution in [1.82, 2.24) is 20.4 Å². The molecule has 2 aliphatic heterocycles. The standard InChI is InChI=1S/C15H27N5O2/c1-6-10(4)16-14-17-12-11(20(14)8-7-9(2)3)13(21)18-15(22)19(12)5/h9-12H,6-8H2,1-5H3,(H,16,17)(H,18,21,22). The van der Waals surface area contributed by atoms with Crippen LogP contribution in [0.2, 0.25) is 0 Å². The smallest absolute Gasteiger partial charge is 0.325 e. The molecule has 0 radical (unpaired) electrons. The molecule has 0 bridgehead atoms. The lowest BCUT2D eigenvalue weighted by molar-refractivity contribution is -0.127. The Morgan fingerprint density at radius 3 is 2.59 bits per heavy atom. The van der Waals surface area contributed by atoms with E-state index in [1.165, 1.54) is 4.90 Å². The third kappa shape index (κ3) is 3.18. The van der Waals surface area contributed by atoms with Gasteiger partial charge in [-0.1, -0.05) is 20.8 Å². The quantitative estimate of drug-likeness (QED) is 0.793. The average molecular weight is 309 g/mol. The number of nitrogens with one attached hydrogen (secondary N) is 2. The first-order chi connectivity index (χ1) is 10.3. The lowest BCUT2D eigenvalue weighted by Crippen LogP contribution is -2.64. The Labute approximate surface area is 132 Å². The van der Waals surface area contributed by atoms with Crippen LogP contribution in [0.3, 0.4) is 0 Å². The zero-order chi connectivity index (χ0) is 16.4. The first kappa shape index (κ1) is 16.6. The fourth-order valence-corrected chi connectivity index (χ4v) is 2.61. The van der Waals surface area contributed by atoms with E-state index in [-0.39, 0.29) is 18.0 Å². The molecule has 0 aromatic heterocycles. The van der Waals surface area contributed by atoms with Gasteiger partial charge in [0.05, 0.1) is 0 Å². The summed E-state index contributed by atoms with van der Waals surface area (Å²) in [5.74, 6) is 0.998. The number of urea groups is 1. The van der Waals surface area contributed by atoms with E-state index in [0.717, 1.165) is 25.3 Å². The molecule has 0 aromatic rings. The summed E-state index contributed by atoms with van der Waals surface area (Å²) < 4.78 is 0. The molecule has 2 rings (SSSR count). The Balaban J connectivity index is 2.23. The minimum atomic E-state index is -0.444. The molecule has 0 spiro atoms. The van der Waals surface area contributed by atoms with Crippen molar-refractivity contribution in [3.8, 4) is 0 Å². The van der Waals surface area contributed by atoms with Gasteiger partial charge in [0, 0.05) is 19.6 Å². The van der Waals surface area contributed by atoms with Crippen LogP contribution in [0.15, 0.2) is 4.99 Å². The van der Waals surface area contributed by atoms with E-state index >= 15 is 0 Å². The Morgan fingerprint density at radius 1 is 1.32 bits per heavy atom. The van der Waals surface area contributed by atoms with Crippen molar-refractivity contribution in [2.45, 2.75) is 58.8 Å². The molecular weight excluding hydrogens is 282 g/mol. The summed E-state index contributed by atoms with van der Waals surface area (Å²) >= 11 is 0. The van der Waals surface area contributed by atoms with Gasteiger partial charge in [0.2, 0.25) is 0 Å². The molecule has 0 aromatic carbocycles. The van der Waals surface area contributed by atoms with Gasteiger partial charge in [-0.15, -0.1) is 0 Å². The van der Waals surface area contributed by atoms with E-state index in [9.17, 15) is 9.59 Å². The zero-order valence-electron chi connectivity index (χ0n) is 14.1. The first-order valence-corrected chi connectivity index (χ1v) is 8.03. The van der Waals surface area contributed by atoms with Crippen LogP contribution in [-0.2, 0) is 4.79 Å². The van der Waals surface area contributed by atoms with Gasteiger partial charge in [-0.2, -0.15) is 0 Å². The summed E-state index contributed by atoms with van der Waals surface area (Å²) in [5, 5.41) is 5.78. The van der Waals surface area contributed by atoms with Crippen LogP contribution in [-0.4, -0.2) is 59.5 Å². The van der Waals surface area contributed by atoms with Crippen molar-refractivity contribution in [1.29, 1.82) is 0 Å². The maximum Gasteiger partial charge on any atom is 0.325 e. The number of aliphatic imine (C=N–C) groups is 1. The molecule has 0 saturated carbocycles. The maximum atomic E-state index is 12.3. The largest absolute Gasteiger partial charge is 0.354 e. The number of guanidine groups is 1. The van der Waals surface area contributed by atoms with Gasteiger partial charge in [-0.3, -0.25) is 10.1 Å². The van der Waals surface area contributed by atoms with Crippen LogP contribution in [0, 0.1) is 5.92 Å². The molecule has 1 fully saturated rings. The molecular formula is C15H27N5O2. The molecule has 2 aliphatic rings. The number of nitrogens with zero attached hydrogens (tertiary/aromatic N) is 3. The third-order valence-corrected chi connectivity index (χ3v) is 4.30. The lowest BCUT2D eigenvalue weighted by atomic mass is 10.1. The predicted molar refractivity (Wildman–Crippen MR) is 85.4 cm³/mol. The normalized spacial score (nSPS) is 26.0. The summed E-state index contributed by atoms with van der Waals surface area (Å²) in [7, 11) is 1.68. The highest BCUT2D eigenvalue weighted by Gasteiger charge is 2.48. The third-order valence-electron chi connectivity index (χ3n) is 4.30. The topological polar surface area (TPSA) is 77.0 Å². The molecule has 3 unspecified atom stereocenters. The molecule has 22 heavy (non-hydrogen) atoms. The van der Waals surface area contributed by atoms with Crippen molar-refractivity contribution in [3.63, 3.8) is 0 Å². The predicted octanol–water partition coefficient (Wildman–Crippen LogP) is 0.969. The van der Waals surface area contributed by atoms with Gasteiger partial charge in [-0.05, 0) is 25.7 Å². The van der Waals surface area contributed by atoms with Crippen LogP contribution >= 0.6 is 0 Å². The van der Waals surface area contributed by atoms with E-state index in [0.29, 0.717) is 5.92 Å². The second-order valence-corrected chi connectivity index (χ2v) is 6.55. The van der Waals surface area contributed by atoms with Crippen molar-refractivity contribution in [3.05, 3.63) is 0 Å². The summed E-state index contributed by atoms with van der Waals surface area (Å²) in [5.41, 5.74) is 0. The number of hydrogen-bond donors (Lipinski definition) is 2. The first-order valence-electron chi connectivity index (χ1n) is 8.03. The summed E-state index contributed by atoms with van der Waals surface area (Å²) in [6, 6.07) is -0.555. The van der Waals surface area contributed by atoms with Crippen molar-refractivity contribution in [2.24, 2.45) is 10.9 Å². The molecule has 7 heteroatoms. The van der Waals surface area contributed by atoms with E-state index in [1.807, 2.05) is 4.90 Å². The number of carbonyl (C=O) groups excluding carboxylic acids is 2. The number of imide groups is 1. The van der Waals surface area contributed by atoms with Crippen LogP contribution in [0.4, 0.5) is 4.79 Å². The van der Waals surface area contributed by atoms with Gasteiger partial charge in [0.25, 0.3) is 5.91 Å². The Hall–Kier alpha value is -1.79. The minimum absolute atomic E-state index is 0.262. The second kappa shape index (κ2) is 6.54. The molecule has 0 aliphatic carbocycles. The van der Waals surface area contributed by atoms with Gasteiger partial charge in [-0.25, -0.2) is 9.79 Å². The summed E-state index contributed by atoms with van der Waals surface area (Å²) in [6.07, 6.45) is 1.49. The Bertz CT molecular complexity index is 477. The van der Waals surface area contributed by atoms with Crippen LogP contribution < -0.4 is 10.6 Å². The number of fused-ring (bicyclic) bond motifs is 1. The minimum Gasteiger partial charge on any atom is -0.354 e. The molecule has 2 heterocycles. The van der Waals surface area contributed by atoms with Crippen LogP contribution in [0.5, 0.6) is 0 Å². The van der Waals surface area contributed by atoms with Gasteiger partial charge < -0.3 is 15.1 Å². The van der Waals surface area contributed by atoms with E-state index < -0.39 is 12.2 Å². The molecule has 3 amide bonds. The number of likely N-dealkylation sites (N-methyl/N-ethyl adjacent to an activating group) is 1. The van der Waals surface area contributed by atoms with Crippen molar-refractivity contribution >= 4 is 17.9 Å². The maximum absolute atomic E-state index is 12.3. The molecule has 2 N–H and O–H groups in total. The van der Waals surface area contributed by atoms with E-state index in [2.05, 4.69) is 43.3 Å². The SMILES string of the molecule is CCC(C)NC1=NC2C(C(=O)NC(=O)N2C)N1CCC(C)C. The van der Waals surface area contributed by atoms with E-state index in [1.54, 1.807) is 7.05 Å². The molecule has 1 saturated heterocycles. The highest BCUT2D eigenvalue weighted by Crippen LogP contribution is 2.24. The monoisotopic (exact) mass is 309 g/mol. The van der Waals surface area contributed by atoms with Gasteiger partial charge in [0.1, 0.15) is 0 Å². The zero-order valence-corrected chi connectivity index (χ0v) is 14.1. The van der Waals surface area contributed by atoms with Crippen molar-refractivity contribution < 1.29 is 9.59 Å². The van der Waals surface area contributed by atoms with Crippen molar-refractivity contribution in [2.75, 3.05) is 13.6 Å². The fraction of sp³-hybridized carbons (Fsp3) is 0.800. The number of rotatable bonds is 5. The fourth-order valence-electron chi connectivity index (χ4n) is 2.61. The Morgan fingerprint density at radius 2 is 2.00 bits per heavy atom. The number of amides is 3.